The lowest BCUT2D eigenvalue weighted by Gasteiger charge is -2.34. The van der Waals surface area contributed by atoms with Crippen LogP contribution in [0.4, 0.5) is 4.79 Å². The molecule has 1 aromatic rings. The third-order valence-electron chi connectivity index (χ3n) is 6.42. The van der Waals surface area contributed by atoms with Crippen LogP contribution >= 0.6 is 0 Å². The Labute approximate surface area is 182 Å². The molecule has 3 rings (SSSR count). The number of rotatable bonds is 7. The summed E-state index contributed by atoms with van der Waals surface area (Å²) in [5.74, 6) is 1.48. The van der Waals surface area contributed by atoms with E-state index in [-0.39, 0.29) is 6.09 Å². The Balaban J connectivity index is 1.24. The predicted octanol–water partition coefficient (Wildman–Crippen LogP) is 4.57. The number of carbonyl (C=O) groups excluding carboxylic acids is 1. The smallest absolute Gasteiger partial charge is 0.410 e. The number of hydrogen-bond acceptors (Lipinski definition) is 4. The summed E-state index contributed by atoms with van der Waals surface area (Å²) in [5, 5.41) is 7.46. The van der Waals surface area contributed by atoms with E-state index in [9.17, 15) is 4.79 Å². The van der Waals surface area contributed by atoms with Gasteiger partial charge in [-0.25, -0.2) is 4.79 Å². The summed E-state index contributed by atoms with van der Waals surface area (Å²) in [7, 11) is 0. The van der Waals surface area contributed by atoms with E-state index in [0.717, 1.165) is 51.5 Å². The Kier molecular flexibility index (Phi) is 8.58. The van der Waals surface area contributed by atoms with E-state index in [1.807, 2.05) is 25.7 Å². The minimum atomic E-state index is -0.411. The van der Waals surface area contributed by atoms with Crippen LogP contribution in [-0.2, 0) is 11.3 Å². The van der Waals surface area contributed by atoms with Crippen LogP contribution in [0.5, 0.6) is 0 Å². The van der Waals surface area contributed by atoms with Crippen molar-refractivity contribution >= 4 is 6.09 Å². The molecule has 5 heteroatoms. The summed E-state index contributed by atoms with van der Waals surface area (Å²) in [6.45, 7) is 10.6. The van der Waals surface area contributed by atoms with Gasteiger partial charge in [-0.05, 0) is 89.8 Å². The van der Waals surface area contributed by atoms with Gasteiger partial charge in [-0.3, -0.25) is 0 Å². The molecule has 5 nitrogen and oxygen atoms in total. The fourth-order valence-corrected chi connectivity index (χ4v) is 4.57. The molecule has 30 heavy (non-hydrogen) atoms. The third kappa shape index (κ3) is 7.92. The van der Waals surface area contributed by atoms with Gasteiger partial charge < -0.3 is 20.3 Å². The Hall–Kier alpha value is -1.59. The molecule has 0 aromatic heterocycles. The first-order valence-corrected chi connectivity index (χ1v) is 11.8. The topological polar surface area (TPSA) is 53.6 Å². The highest BCUT2D eigenvalue weighted by molar-refractivity contribution is 5.68. The zero-order valence-electron chi connectivity index (χ0n) is 19.2. The molecule has 0 spiro atoms. The van der Waals surface area contributed by atoms with Crippen molar-refractivity contribution in [1.29, 1.82) is 0 Å². The van der Waals surface area contributed by atoms with Crippen LogP contribution in [0, 0.1) is 11.8 Å². The molecule has 0 atom stereocenters. The number of nitrogens with one attached hydrogen (secondary N) is 2. The third-order valence-corrected chi connectivity index (χ3v) is 6.42. The van der Waals surface area contributed by atoms with E-state index in [4.69, 9.17) is 4.74 Å². The maximum Gasteiger partial charge on any atom is 0.410 e. The number of nitrogens with zero attached hydrogens (tertiary/aromatic N) is 1. The fourth-order valence-electron chi connectivity index (χ4n) is 4.57. The van der Waals surface area contributed by atoms with Crippen LogP contribution in [0.2, 0.25) is 0 Å². The zero-order chi connectivity index (χ0) is 21.4. The van der Waals surface area contributed by atoms with Gasteiger partial charge >= 0.3 is 6.09 Å². The predicted molar refractivity (Wildman–Crippen MR) is 122 cm³/mol. The molecular weight excluding hydrogens is 374 g/mol. The summed E-state index contributed by atoms with van der Waals surface area (Å²) in [5.41, 5.74) is 0.963. The first-order valence-electron chi connectivity index (χ1n) is 11.8. The summed E-state index contributed by atoms with van der Waals surface area (Å²) in [4.78, 5) is 14.0. The van der Waals surface area contributed by atoms with E-state index >= 15 is 0 Å². The molecule has 1 aliphatic carbocycles. The molecule has 2 fully saturated rings. The molecule has 1 amide bonds. The van der Waals surface area contributed by atoms with Crippen LogP contribution in [0.15, 0.2) is 30.3 Å². The van der Waals surface area contributed by atoms with E-state index < -0.39 is 5.60 Å². The van der Waals surface area contributed by atoms with Crippen molar-refractivity contribution in [3.05, 3.63) is 35.9 Å². The molecule has 1 saturated carbocycles. The van der Waals surface area contributed by atoms with Crippen LogP contribution in [0.25, 0.3) is 0 Å². The molecule has 1 aliphatic heterocycles. The van der Waals surface area contributed by atoms with Gasteiger partial charge in [0.25, 0.3) is 0 Å². The van der Waals surface area contributed by atoms with Gasteiger partial charge in [-0.1, -0.05) is 30.3 Å². The number of piperidine rings is 1. The first-order chi connectivity index (χ1) is 14.4. The van der Waals surface area contributed by atoms with Crippen molar-refractivity contribution in [1.82, 2.24) is 15.5 Å². The maximum atomic E-state index is 12.2. The van der Waals surface area contributed by atoms with Crippen LogP contribution in [-0.4, -0.2) is 48.8 Å². The van der Waals surface area contributed by atoms with E-state index in [2.05, 4.69) is 41.0 Å². The number of amides is 1. The zero-order valence-corrected chi connectivity index (χ0v) is 19.2. The lowest BCUT2D eigenvalue weighted by Crippen LogP contribution is -2.43. The molecule has 0 unspecified atom stereocenters. The second-order valence-electron chi connectivity index (χ2n) is 10.2. The average Bonchev–Trinajstić information content (AvgIpc) is 2.73. The molecule has 2 N–H and O–H groups in total. The SMILES string of the molecule is CC(C)(C)OC(=O)N1CCC(CNCC2CCC(NCc3ccccc3)CC2)CC1. The van der Waals surface area contributed by atoms with Gasteiger partial charge in [0, 0.05) is 25.7 Å². The average molecular weight is 416 g/mol. The van der Waals surface area contributed by atoms with Crippen molar-refractivity contribution in [2.24, 2.45) is 11.8 Å². The van der Waals surface area contributed by atoms with Crippen molar-refractivity contribution in [3.8, 4) is 0 Å². The highest BCUT2D eigenvalue weighted by Gasteiger charge is 2.27. The number of ether oxygens (including phenoxy) is 1. The van der Waals surface area contributed by atoms with Gasteiger partial charge in [0.1, 0.15) is 5.60 Å². The molecule has 1 heterocycles. The van der Waals surface area contributed by atoms with E-state index in [1.165, 1.54) is 31.2 Å². The number of likely N-dealkylation sites (tertiary alicyclic amines) is 1. The van der Waals surface area contributed by atoms with Crippen LogP contribution in [0.3, 0.4) is 0 Å². The van der Waals surface area contributed by atoms with Gasteiger partial charge in [-0.15, -0.1) is 0 Å². The van der Waals surface area contributed by atoms with Gasteiger partial charge in [0.05, 0.1) is 0 Å². The Morgan fingerprint density at radius 2 is 1.57 bits per heavy atom. The Morgan fingerprint density at radius 3 is 2.17 bits per heavy atom. The Morgan fingerprint density at radius 1 is 0.967 bits per heavy atom. The van der Waals surface area contributed by atoms with Crippen LogP contribution in [0.1, 0.15) is 64.9 Å². The second kappa shape index (κ2) is 11.1. The van der Waals surface area contributed by atoms with Gasteiger partial charge in [0.2, 0.25) is 0 Å². The Bertz CT molecular complexity index is 628. The van der Waals surface area contributed by atoms with Crippen LogP contribution < -0.4 is 10.6 Å². The number of benzene rings is 1. The lowest BCUT2D eigenvalue weighted by molar-refractivity contribution is 0.0184. The standard InChI is InChI=1S/C25H41N3O2/c1-25(2,3)30-24(29)28-15-13-22(14-16-28)18-26-17-21-9-11-23(12-10-21)27-19-20-7-5-4-6-8-20/h4-8,21-23,26-27H,9-19H2,1-3H3. The molecule has 168 valence electrons. The first kappa shape index (κ1) is 23.1. The number of carbonyl (C=O) groups is 1. The molecule has 0 radical (unpaired) electrons. The summed E-state index contributed by atoms with van der Waals surface area (Å²) in [6, 6.07) is 11.4. The molecular formula is C25H41N3O2. The highest BCUT2D eigenvalue weighted by Crippen LogP contribution is 2.24. The lowest BCUT2D eigenvalue weighted by atomic mass is 9.85. The second-order valence-corrected chi connectivity index (χ2v) is 10.2. The van der Waals surface area contributed by atoms with E-state index in [0.29, 0.717) is 12.0 Å². The highest BCUT2D eigenvalue weighted by atomic mass is 16.6. The minimum absolute atomic E-state index is 0.161. The summed E-state index contributed by atoms with van der Waals surface area (Å²) in [6.07, 6.45) is 7.19. The normalized spacial score (nSPS) is 23.4. The van der Waals surface area contributed by atoms with Crippen molar-refractivity contribution in [2.45, 2.75) is 77.5 Å². The molecule has 1 saturated heterocycles. The summed E-state index contributed by atoms with van der Waals surface area (Å²) < 4.78 is 5.49. The van der Waals surface area contributed by atoms with Crippen molar-refractivity contribution in [3.63, 3.8) is 0 Å². The van der Waals surface area contributed by atoms with Gasteiger partial charge in [0.15, 0.2) is 0 Å². The van der Waals surface area contributed by atoms with E-state index in [1.54, 1.807) is 0 Å². The largest absolute Gasteiger partial charge is 0.444 e. The monoisotopic (exact) mass is 415 g/mol. The molecule has 2 aliphatic rings. The number of hydrogen-bond donors (Lipinski definition) is 2. The quantitative estimate of drug-likeness (QED) is 0.685. The molecule has 1 aromatic carbocycles. The summed E-state index contributed by atoms with van der Waals surface area (Å²) >= 11 is 0. The minimum Gasteiger partial charge on any atom is -0.444 e. The van der Waals surface area contributed by atoms with Gasteiger partial charge in [-0.2, -0.15) is 0 Å². The van der Waals surface area contributed by atoms with Crippen molar-refractivity contribution < 1.29 is 9.53 Å². The van der Waals surface area contributed by atoms with Crippen molar-refractivity contribution in [2.75, 3.05) is 26.2 Å². The molecule has 0 bridgehead atoms. The fraction of sp³-hybridized carbons (Fsp3) is 0.720. The maximum absolute atomic E-state index is 12.2.